The minimum Gasteiger partial charge on any atom is -0.156 e. The molecule has 0 aromatic carbocycles. The highest BCUT2D eigenvalue weighted by molar-refractivity contribution is 8.00. The molecule has 0 bridgehead atoms. The maximum atomic E-state index is 2.31. The highest BCUT2D eigenvalue weighted by atomic mass is 32.2. The van der Waals surface area contributed by atoms with Gasteiger partial charge in [0, 0.05) is 4.75 Å². The summed E-state index contributed by atoms with van der Waals surface area (Å²) in [6.45, 7) is 13.8. The normalized spacial score (nSPS) is 12.5. The van der Waals surface area contributed by atoms with Crippen molar-refractivity contribution in [1.82, 2.24) is 0 Å². The molecule has 0 aliphatic carbocycles. The van der Waals surface area contributed by atoms with E-state index >= 15 is 0 Å². The first-order chi connectivity index (χ1) is 5.21. The van der Waals surface area contributed by atoms with Crippen LogP contribution in [0.25, 0.3) is 0 Å². The number of thioether (sulfide) groups is 1. The summed E-state index contributed by atoms with van der Waals surface area (Å²) in [5, 5.41) is 0. The third-order valence-electron chi connectivity index (χ3n) is 1.61. The van der Waals surface area contributed by atoms with Crippen LogP contribution in [0.4, 0.5) is 0 Å². The van der Waals surface area contributed by atoms with Crippen LogP contribution in [-0.4, -0.2) is 10.5 Å². The highest BCUT2D eigenvalue weighted by Gasteiger charge is 2.12. The van der Waals surface area contributed by atoms with Crippen LogP contribution in [0.15, 0.2) is 0 Å². The lowest BCUT2D eigenvalue weighted by Crippen LogP contribution is -2.10. The van der Waals surface area contributed by atoms with E-state index in [0.29, 0.717) is 10.2 Å². The molecular formula is C12H28S. The van der Waals surface area contributed by atoms with E-state index in [9.17, 15) is 0 Å². The van der Waals surface area contributed by atoms with Gasteiger partial charge in [-0.1, -0.05) is 49.0 Å². The van der Waals surface area contributed by atoms with E-state index in [4.69, 9.17) is 0 Å². The molecule has 1 heteroatoms. The van der Waals surface area contributed by atoms with Crippen LogP contribution in [0, 0.1) is 5.41 Å². The van der Waals surface area contributed by atoms with Crippen molar-refractivity contribution in [2.24, 2.45) is 5.41 Å². The number of rotatable bonds is 3. The Balaban J connectivity index is 0. The fraction of sp³-hybridized carbons (Fsp3) is 1.00. The van der Waals surface area contributed by atoms with Gasteiger partial charge in [-0.2, -0.15) is 11.8 Å². The van der Waals surface area contributed by atoms with Crippen LogP contribution in [0.5, 0.6) is 0 Å². The van der Waals surface area contributed by atoms with E-state index in [0.717, 1.165) is 0 Å². The molecular weight excluding hydrogens is 176 g/mol. The van der Waals surface area contributed by atoms with Gasteiger partial charge in [0.1, 0.15) is 0 Å². The van der Waals surface area contributed by atoms with Crippen molar-refractivity contribution in [3.8, 4) is 0 Å². The third-order valence-corrected chi connectivity index (χ3v) is 2.97. The average molecular weight is 204 g/mol. The smallest absolute Gasteiger partial charge is 0.00750 e. The number of hydrogen-bond acceptors (Lipinski definition) is 1. The molecule has 0 aliphatic heterocycles. The van der Waals surface area contributed by atoms with Crippen molar-refractivity contribution in [2.75, 3.05) is 5.75 Å². The first-order valence-electron chi connectivity index (χ1n) is 4.85. The monoisotopic (exact) mass is 204 g/mol. The van der Waals surface area contributed by atoms with Gasteiger partial charge in [0.15, 0.2) is 0 Å². The summed E-state index contributed by atoms with van der Waals surface area (Å²) < 4.78 is 0.442. The molecule has 0 radical (unpaired) electrons. The quantitative estimate of drug-likeness (QED) is 0.584. The van der Waals surface area contributed by atoms with Gasteiger partial charge in [-0.05, 0) is 24.0 Å². The van der Waals surface area contributed by atoms with Gasteiger partial charge < -0.3 is 0 Å². The molecule has 0 unspecified atom stereocenters. The second-order valence-corrected chi connectivity index (χ2v) is 7.55. The van der Waals surface area contributed by atoms with Crippen LogP contribution < -0.4 is 0 Å². The van der Waals surface area contributed by atoms with Gasteiger partial charge in [-0.3, -0.25) is 0 Å². The minimum absolute atomic E-state index is 0. The van der Waals surface area contributed by atoms with Crippen molar-refractivity contribution in [3.63, 3.8) is 0 Å². The summed E-state index contributed by atoms with van der Waals surface area (Å²) in [6.07, 6.45) is 2.70. The molecule has 82 valence electrons. The molecule has 0 aromatic rings. The number of hydrogen-bond donors (Lipinski definition) is 0. The molecule has 13 heavy (non-hydrogen) atoms. The van der Waals surface area contributed by atoms with E-state index < -0.39 is 0 Å². The topological polar surface area (TPSA) is 0 Å². The second kappa shape index (κ2) is 5.95. The van der Waals surface area contributed by atoms with Gasteiger partial charge in [0.05, 0.1) is 0 Å². The van der Waals surface area contributed by atoms with Gasteiger partial charge in [0.25, 0.3) is 0 Å². The first-order valence-corrected chi connectivity index (χ1v) is 5.83. The van der Waals surface area contributed by atoms with Crippen molar-refractivity contribution < 1.29 is 0 Å². The second-order valence-electron chi connectivity index (χ2n) is 5.63. The lowest BCUT2D eigenvalue weighted by Gasteiger charge is -2.21. The van der Waals surface area contributed by atoms with E-state index in [2.05, 4.69) is 53.3 Å². The fourth-order valence-corrected chi connectivity index (χ4v) is 1.88. The molecule has 0 aliphatic rings. The minimum atomic E-state index is 0. The predicted octanol–water partition coefficient (Wildman–Crippen LogP) is 4.98. The third kappa shape index (κ3) is 15.1. The van der Waals surface area contributed by atoms with Crippen molar-refractivity contribution in [2.45, 2.75) is 66.6 Å². The summed E-state index contributed by atoms with van der Waals surface area (Å²) in [5.41, 5.74) is 0.512. The van der Waals surface area contributed by atoms with Crippen molar-refractivity contribution in [1.29, 1.82) is 0 Å². The summed E-state index contributed by atoms with van der Waals surface area (Å²) in [4.78, 5) is 0. The Morgan fingerprint density at radius 2 is 1.38 bits per heavy atom. The molecule has 0 spiro atoms. The van der Waals surface area contributed by atoms with E-state index in [1.807, 2.05) is 0 Å². The Kier molecular flexibility index (Phi) is 7.24. The standard InChI is InChI=1S/C11H24S.CH4/c1-10(2,3)8-7-9-12-11(4,5)6;/h7-9H2,1-6H3;1H4. The zero-order valence-electron chi connectivity index (χ0n) is 9.53. The van der Waals surface area contributed by atoms with E-state index in [-0.39, 0.29) is 7.43 Å². The van der Waals surface area contributed by atoms with Crippen LogP contribution in [0.3, 0.4) is 0 Å². The van der Waals surface area contributed by atoms with Gasteiger partial charge in [0.2, 0.25) is 0 Å². The average Bonchev–Trinajstić information content (AvgIpc) is 1.76. The van der Waals surface area contributed by atoms with Crippen LogP contribution in [0.2, 0.25) is 0 Å². The van der Waals surface area contributed by atoms with Crippen LogP contribution in [-0.2, 0) is 0 Å². The summed E-state index contributed by atoms with van der Waals surface area (Å²) in [7, 11) is 0. The van der Waals surface area contributed by atoms with E-state index in [1.165, 1.54) is 18.6 Å². The summed E-state index contributed by atoms with van der Waals surface area (Å²) in [5.74, 6) is 1.31. The molecule has 0 saturated carbocycles. The van der Waals surface area contributed by atoms with E-state index in [1.54, 1.807) is 0 Å². The zero-order valence-corrected chi connectivity index (χ0v) is 10.3. The Hall–Kier alpha value is 0.350. The van der Waals surface area contributed by atoms with Crippen molar-refractivity contribution >= 4 is 11.8 Å². The molecule has 0 atom stereocenters. The Labute approximate surface area is 89.9 Å². The zero-order chi connectivity index (χ0) is 9.83. The Bertz CT molecular complexity index is 98.1. The van der Waals surface area contributed by atoms with Gasteiger partial charge in [-0.15, -0.1) is 0 Å². The summed E-state index contributed by atoms with van der Waals surface area (Å²) in [6, 6.07) is 0. The van der Waals surface area contributed by atoms with Crippen LogP contribution >= 0.6 is 11.8 Å². The van der Waals surface area contributed by atoms with Gasteiger partial charge >= 0.3 is 0 Å². The largest absolute Gasteiger partial charge is 0.156 e. The molecule has 0 rings (SSSR count). The predicted molar refractivity (Wildman–Crippen MR) is 67.6 cm³/mol. The molecule has 0 heterocycles. The fourth-order valence-electron chi connectivity index (χ4n) is 0.981. The maximum Gasteiger partial charge on any atom is 0.00750 e. The lowest BCUT2D eigenvalue weighted by molar-refractivity contribution is 0.374. The molecule has 0 nitrogen and oxygen atoms in total. The summed E-state index contributed by atoms with van der Waals surface area (Å²) >= 11 is 2.07. The van der Waals surface area contributed by atoms with Gasteiger partial charge in [-0.25, -0.2) is 0 Å². The SMILES string of the molecule is C.CC(C)(C)CCCSC(C)(C)C. The van der Waals surface area contributed by atoms with Crippen LogP contribution in [0.1, 0.15) is 61.8 Å². The molecule has 0 aromatic heterocycles. The molecule has 0 amide bonds. The molecule has 0 saturated heterocycles. The van der Waals surface area contributed by atoms with Crippen molar-refractivity contribution in [3.05, 3.63) is 0 Å². The lowest BCUT2D eigenvalue weighted by atomic mass is 9.91. The highest BCUT2D eigenvalue weighted by Crippen LogP contribution is 2.27. The first kappa shape index (κ1) is 15.8. The molecule has 0 fully saturated rings. The Morgan fingerprint density at radius 3 is 1.69 bits per heavy atom. The Morgan fingerprint density at radius 1 is 0.923 bits per heavy atom. The maximum absolute atomic E-state index is 2.31. The molecule has 0 N–H and O–H groups in total.